The molecule has 1 aromatic rings. The second-order valence-electron chi connectivity index (χ2n) is 4.53. The molecule has 1 unspecified atom stereocenters. The molecule has 3 heteroatoms. The van der Waals surface area contributed by atoms with Gasteiger partial charge >= 0.3 is 0 Å². The minimum absolute atomic E-state index is 0.586. The molecule has 0 aliphatic carbocycles. The van der Waals surface area contributed by atoms with Crippen LogP contribution in [0.15, 0.2) is 24.3 Å². The van der Waals surface area contributed by atoms with Gasteiger partial charge in [0.1, 0.15) is 0 Å². The van der Waals surface area contributed by atoms with Crippen molar-refractivity contribution < 1.29 is 4.74 Å². The van der Waals surface area contributed by atoms with Crippen molar-refractivity contribution in [3.8, 4) is 0 Å². The molecule has 0 spiro atoms. The number of methoxy groups -OCH3 is 1. The Bertz CT molecular complexity index is 340. The smallest absolute Gasteiger partial charge is 0.0713 e. The molecule has 0 aromatic heterocycles. The standard InChI is InChI=1S/C13H20N2O/c1-15-7-6-13(9-15)14-12-5-3-4-11(8-12)10-16-2/h3-5,8,13-14H,6-7,9-10H2,1-2H3. The Morgan fingerprint density at radius 1 is 1.50 bits per heavy atom. The van der Waals surface area contributed by atoms with E-state index in [1.807, 2.05) is 0 Å². The molecule has 0 amide bonds. The first-order valence-electron chi connectivity index (χ1n) is 5.81. The van der Waals surface area contributed by atoms with Gasteiger partial charge in [0.15, 0.2) is 0 Å². The van der Waals surface area contributed by atoms with Crippen molar-refractivity contribution >= 4 is 5.69 Å². The van der Waals surface area contributed by atoms with Gasteiger partial charge < -0.3 is 15.0 Å². The van der Waals surface area contributed by atoms with E-state index in [4.69, 9.17) is 4.74 Å². The second-order valence-corrected chi connectivity index (χ2v) is 4.53. The highest BCUT2D eigenvalue weighted by molar-refractivity contribution is 5.46. The van der Waals surface area contributed by atoms with E-state index in [-0.39, 0.29) is 0 Å². The largest absolute Gasteiger partial charge is 0.381 e. The molecule has 1 atom stereocenters. The highest BCUT2D eigenvalue weighted by Crippen LogP contribution is 2.16. The van der Waals surface area contributed by atoms with E-state index in [1.54, 1.807) is 7.11 Å². The summed E-state index contributed by atoms with van der Waals surface area (Å²) in [5, 5.41) is 3.57. The van der Waals surface area contributed by atoms with Crippen molar-refractivity contribution in [2.24, 2.45) is 0 Å². The maximum atomic E-state index is 5.13. The van der Waals surface area contributed by atoms with Crippen LogP contribution in [0.3, 0.4) is 0 Å². The summed E-state index contributed by atoms with van der Waals surface area (Å²) < 4.78 is 5.13. The normalized spacial score (nSPS) is 21.2. The number of rotatable bonds is 4. The molecule has 0 saturated carbocycles. The van der Waals surface area contributed by atoms with Gasteiger partial charge in [-0.25, -0.2) is 0 Å². The highest BCUT2D eigenvalue weighted by Gasteiger charge is 2.18. The first-order chi connectivity index (χ1) is 7.78. The molecule has 1 heterocycles. The van der Waals surface area contributed by atoms with E-state index in [1.165, 1.54) is 24.2 Å². The van der Waals surface area contributed by atoms with Crippen LogP contribution in [0, 0.1) is 0 Å². The number of hydrogen-bond donors (Lipinski definition) is 1. The molecule has 1 fully saturated rings. The molecule has 88 valence electrons. The fourth-order valence-electron chi connectivity index (χ4n) is 2.21. The summed E-state index contributed by atoms with van der Waals surface area (Å²) in [6.45, 7) is 3.00. The van der Waals surface area contributed by atoms with Crippen LogP contribution in [-0.4, -0.2) is 38.2 Å². The molecule has 1 N–H and O–H groups in total. The fourth-order valence-corrected chi connectivity index (χ4v) is 2.21. The number of likely N-dealkylation sites (N-methyl/N-ethyl adjacent to an activating group) is 1. The summed E-state index contributed by atoms with van der Waals surface area (Å²) in [6.07, 6.45) is 1.23. The summed E-state index contributed by atoms with van der Waals surface area (Å²) in [4.78, 5) is 2.36. The van der Waals surface area contributed by atoms with Crippen LogP contribution in [0.2, 0.25) is 0 Å². The zero-order chi connectivity index (χ0) is 11.4. The fraction of sp³-hybridized carbons (Fsp3) is 0.538. The van der Waals surface area contributed by atoms with Crippen molar-refractivity contribution in [2.75, 3.05) is 32.6 Å². The molecule has 1 saturated heterocycles. The molecule has 3 nitrogen and oxygen atoms in total. The van der Waals surface area contributed by atoms with Crippen LogP contribution in [0.25, 0.3) is 0 Å². The lowest BCUT2D eigenvalue weighted by atomic mass is 10.2. The molecule has 1 aliphatic heterocycles. The summed E-state index contributed by atoms with van der Waals surface area (Å²) in [5.41, 5.74) is 2.42. The van der Waals surface area contributed by atoms with Crippen LogP contribution < -0.4 is 5.32 Å². The monoisotopic (exact) mass is 220 g/mol. The topological polar surface area (TPSA) is 24.5 Å². The van der Waals surface area contributed by atoms with Gasteiger partial charge in [0.2, 0.25) is 0 Å². The molecule has 0 radical (unpaired) electrons. The summed E-state index contributed by atoms with van der Waals surface area (Å²) in [6, 6.07) is 9.05. The number of benzene rings is 1. The molecule has 1 aliphatic rings. The SMILES string of the molecule is COCc1cccc(NC2CCN(C)C2)c1. The van der Waals surface area contributed by atoms with Gasteiger partial charge in [-0.15, -0.1) is 0 Å². The van der Waals surface area contributed by atoms with Gasteiger partial charge in [-0.1, -0.05) is 12.1 Å². The number of hydrogen-bond acceptors (Lipinski definition) is 3. The van der Waals surface area contributed by atoms with E-state index in [9.17, 15) is 0 Å². The molecular formula is C13H20N2O. The van der Waals surface area contributed by atoms with Crippen LogP contribution in [-0.2, 0) is 11.3 Å². The first kappa shape index (κ1) is 11.4. The Labute approximate surface area is 97.4 Å². The zero-order valence-corrected chi connectivity index (χ0v) is 10.1. The van der Waals surface area contributed by atoms with Gasteiger partial charge in [-0.2, -0.15) is 0 Å². The van der Waals surface area contributed by atoms with Gasteiger partial charge in [0.05, 0.1) is 6.61 Å². The van der Waals surface area contributed by atoms with Crippen molar-refractivity contribution in [1.29, 1.82) is 0 Å². The maximum Gasteiger partial charge on any atom is 0.0713 e. The van der Waals surface area contributed by atoms with Gasteiger partial charge in [0, 0.05) is 25.4 Å². The minimum atomic E-state index is 0.586. The molecule has 2 rings (SSSR count). The average molecular weight is 220 g/mol. The van der Waals surface area contributed by atoms with Crippen LogP contribution >= 0.6 is 0 Å². The zero-order valence-electron chi connectivity index (χ0n) is 10.1. The molecule has 16 heavy (non-hydrogen) atoms. The number of nitrogens with zero attached hydrogens (tertiary/aromatic N) is 1. The third kappa shape index (κ3) is 2.97. The summed E-state index contributed by atoms with van der Waals surface area (Å²) >= 11 is 0. The number of anilines is 1. The van der Waals surface area contributed by atoms with Crippen LogP contribution in [0.4, 0.5) is 5.69 Å². The number of ether oxygens (including phenoxy) is 1. The van der Waals surface area contributed by atoms with Crippen molar-refractivity contribution in [3.05, 3.63) is 29.8 Å². The van der Waals surface area contributed by atoms with E-state index in [0.717, 1.165) is 6.54 Å². The van der Waals surface area contributed by atoms with Gasteiger partial charge in [-0.05, 0) is 37.7 Å². The third-order valence-electron chi connectivity index (χ3n) is 3.00. The molecular weight excluding hydrogens is 200 g/mol. The van der Waals surface area contributed by atoms with E-state index in [2.05, 4.69) is 41.5 Å². The second kappa shape index (κ2) is 5.32. The van der Waals surface area contributed by atoms with Crippen molar-refractivity contribution in [1.82, 2.24) is 4.90 Å². The van der Waals surface area contributed by atoms with Crippen LogP contribution in [0.5, 0.6) is 0 Å². The van der Waals surface area contributed by atoms with Crippen molar-refractivity contribution in [2.45, 2.75) is 19.1 Å². The Kier molecular flexibility index (Phi) is 3.80. The summed E-state index contributed by atoms with van der Waals surface area (Å²) in [5.74, 6) is 0. The van der Waals surface area contributed by atoms with Crippen LogP contribution in [0.1, 0.15) is 12.0 Å². The van der Waals surface area contributed by atoms with E-state index >= 15 is 0 Å². The lowest BCUT2D eigenvalue weighted by Crippen LogP contribution is -2.23. The number of nitrogens with one attached hydrogen (secondary N) is 1. The Balaban J connectivity index is 1.95. The lowest BCUT2D eigenvalue weighted by Gasteiger charge is -2.15. The third-order valence-corrected chi connectivity index (χ3v) is 3.00. The predicted octanol–water partition coefficient (Wildman–Crippen LogP) is 1.95. The van der Waals surface area contributed by atoms with Gasteiger partial charge in [-0.3, -0.25) is 0 Å². The van der Waals surface area contributed by atoms with Gasteiger partial charge in [0.25, 0.3) is 0 Å². The summed E-state index contributed by atoms with van der Waals surface area (Å²) in [7, 11) is 3.90. The lowest BCUT2D eigenvalue weighted by molar-refractivity contribution is 0.185. The van der Waals surface area contributed by atoms with E-state index in [0.29, 0.717) is 12.6 Å². The minimum Gasteiger partial charge on any atom is -0.381 e. The maximum absolute atomic E-state index is 5.13. The average Bonchev–Trinajstić information content (AvgIpc) is 2.65. The first-order valence-corrected chi connectivity index (χ1v) is 5.81. The molecule has 1 aromatic carbocycles. The number of likely N-dealkylation sites (tertiary alicyclic amines) is 1. The Morgan fingerprint density at radius 3 is 3.06 bits per heavy atom. The predicted molar refractivity (Wildman–Crippen MR) is 66.7 cm³/mol. The molecule has 0 bridgehead atoms. The van der Waals surface area contributed by atoms with Crippen molar-refractivity contribution in [3.63, 3.8) is 0 Å². The Morgan fingerprint density at radius 2 is 2.38 bits per heavy atom. The van der Waals surface area contributed by atoms with E-state index < -0.39 is 0 Å². The Hall–Kier alpha value is -1.06. The highest BCUT2D eigenvalue weighted by atomic mass is 16.5. The quantitative estimate of drug-likeness (QED) is 0.839.